The van der Waals surface area contributed by atoms with Crippen LogP contribution in [-0.2, 0) is 0 Å². The first kappa shape index (κ1) is 6.92. The summed E-state index contributed by atoms with van der Waals surface area (Å²) in [6, 6.07) is 0. The van der Waals surface area contributed by atoms with Gasteiger partial charge in [-0.1, -0.05) is 0 Å². The highest BCUT2D eigenvalue weighted by molar-refractivity contribution is 8.16. The monoisotopic (exact) mass is 138 g/mol. The van der Waals surface area contributed by atoms with Crippen molar-refractivity contribution in [2.75, 3.05) is 16.7 Å². The van der Waals surface area contributed by atoms with Crippen molar-refractivity contribution in [2.45, 2.75) is 0 Å². The molecule has 0 aliphatic carbocycles. The van der Waals surface area contributed by atoms with E-state index in [9.17, 15) is 0 Å². The lowest BCUT2D eigenvalue weighted by Crippen LogP contribution is -1.72. The summed E-state index contributed by atoms with van der Waals surface area (Å²) in [6.07, 6.45) is 2.14. The summed E-state index contributed by atoms with van der Waals surface area (Å²) in [7, 11) is 1.35. The first-order chi connectivity index (χ1) is 2.91. The molecule has 0 atom stereocenters. The van der Waals surface area contributed by atoms with Crippen LogP contribution in [0.25, 0.3) is 0 Å². The molecule has 0 heterocycles. The minimum atomic E-state index is 1.28. The molecule has 0 aliphatic heterocycles. The van der Waals surface area contributed by atoms with Gasteiger partial charge in [-0.05, 0) is 11.6 Å². The molecule has 0 spiro atoms. The van der Waals surface area contributed by atoms with Crippen molar-refractivity contribution in [1.29, 1.82) is 0 Å². The second kappa shape index (κ2) is 5.92. The molecule has 3 heteroatoms. The average Bonchev–Trinajstić information content (AvgIpc) is 1.61. The maximum atomic E-state index is 2.14. The Hall–Kier alpha value is 0.917. The first-order valence-electron chi connectivity index (χ1n) is 1.98. The minimum absolute atomic E-state index is 1.28. The Balaban J connectivity index is 2.34. The lowest BCUT2D eigenvalue weighted by Gasteiger charge is -1.87. The van der Waals surface area contributed by atoms with Crippen molar-refractivity contribution in [1.82, 2.24) is 0 Å². The molecule has 6 heavy (non-hydrogen) atoms. The molecule has 0 aromatic rings. The number of rotatable bonds is 3. The predicted octanol–water partition coefficient (Wildman–Crippen LogP) is 0.363. The zero-order chi connectivity index (χ0) is 4.83. The molecule has 0 amide bonds. The van der Waals surface area contributed by atoms with E-state index >= 15 is 0 Å². The predicted molar refractivity (Wildman–Crippen MR) is 40.8 cm³/mol. The zero-order valence-electron chi connectivity index (χ0n) is 4.23. The third kappa shape index (κ3) is 4.92. The molecule has 0 aromatic heterocycles. The summed E-state index contributed by atoms with van der Waals surface area (Å²) >= 11 is 3.94. The van der Waals surface area contributed by atoms with Gasteiger partial charge in [0.05, 0.1) is 0 Å². The highest BCUT2D eigenvalue weighted by Gasteiger charge is 1.74. The summed E-state index contributed by atoms with van der Waals surface area (Å²) in [4.78, 5) is 0. The van der Waals surface area contributed by atoms with Gasteiger partial charge in [0.1, 0.15) is 0 Å². The second-order valence-corrected chi connectivity index (χ2v) is 5.14. The maximum absolute atomic E-state index is 2.14. The molecule has 0 nitrogen and oxygen atoms in total. The third-order valence-corrected chi connectivity index (χ3v) is 3.65. The molecule has 38 valence electrons. The van der Waals surface area contributed by atoms with Crippen LogP contribution in [0.4, 0.5) is 0 Å². The van der Waals surface area contributed by atoms with Crippen molar-refractivity contribution < 1.29 is 0 Å². The lowest BCUT2D eigenvalue weighted by molar-refractivity contribution is 2.12. The molecule has 0 saturated heterocycles. The molecule has 0 rings (SSSR count). The largest absolute Gasteiger partial charge is 0.155 e. The highest BCUT2D eigenvalue weighted by Crippen LogP contribution is 2.04. The number of hydrogen-bond acceptors (Lipinski definition) is 2. The van der Waals surface area contributed by atoms with E-state index in [-0.39, 0.29) is 0 Å². The fourth-order valence-corrected chi connectivity index (χ4v) is 3.00. The van der Waals surface area contributed by atoms with Crippen LogP contribution in [0.15, 0.2) is 0 Å². The number of thioether (sulfide) groups is 2. The van der Waals surface area contributed by atoms with Gasteiger partial charge in [0.15, 0.2) is 0 Å². The molecular weight excluding hydrogens is 128 g/mol. The van der Waals surface area contributed by atoms with E-state index in [0.717, 1.165) is 0 Å². The molecule has 0 aliphatic rings. The summed E-state index contributed by atoms with van der Waals surface area (Å²) in [5.74, 6) is 0. The van der Waals surface area contributed by atoms with Crippen LogP contribution >= 0.6 is 23.5 Å². The van der Waals surface area contributed by atoms with Gasteiger partial charge < -0.3 is 0 Å². The Kier molecular flexibility index (Phi) is 6.82. The van der Waals surface area contributed by atoms with Crippen LogP contribution in [0.1, 0.15) is 0 Å². The van der Waals surface area contributed by atoms with Crippen molar-refractivity contribution in [3.8, 4) is 0 Å². The summed E-state index contributed by atoms with van der Waals surface area (Å²) < 4.78 is 0. The Morgan fingerprint density at radius 3 is 2.50 bits per heavy atom. The molecule has 0 N–H and O–H groups in total. The van der Waals surface area contributed by atoms with E-state index in [1.54, 1.807) is 0 Å². The summed E-state index contributed by atoms with van der Waals surface area (Å²) in [5.41, 5.74) is 0. The Labute approximate surface area is 50.9 Å². The minimum Gasteiger partial charge on any atom is -0.155 e. The smallest absolute Gasteiger partial charge is 0.0386 e. The third-order valence-electron chi connectivity index (χ3n) is 0.405. The van der Waals surface area contributed by atoms with Crippen molar-refractivity contribution in [3.05, 3.63) is 0 Å². The Morgan fingerprint density at radius 1 is 1.67 bits per heavy atom. The molecule has 0 fully saturated rings. The van der Waals surface area contributed by atoms with Crippen molar-refractivity contribution >= 4 is 33.8 Å². The molecule has 0 aromatic carbocycles. The average molecular weight is 138 g/mol. The first-order valence-corrected chi connectivity index (χ1v) is 5.94. The zero-order valence-corrected chi connectivity index (χ0v) is 7.86. The Bertz CT molecular complexity index is 20.8. The fraction of sp³-hybridized carbons (Fsp3) is 1.00. The van der Waals surface area contributed by atoms with Crippen LogP contribution < -0.4 is 0 Å². The molecule has 0 unspecified atom stereocenters. The lowest BCUT2D eigenvalue weighted by atomic mass is 11.8. The molecule has 0 saturated carbocycles. The van der Waals surface area contributed by atoms with E-state index < -0.39 is 0 Å². The van der Waals surface area contributed by atoms with Gasteiger partial charge in [-0.3, -0.25) is 0 Å². The quantitative estimate of drug-likeness (QED) is 0.314. The summed E-state index contributed by atoms with van der Waals surface area (Å²) in [5, 5.41) is 2.67. The molecule has 0 radical (unpaired) electrons. The van der Waals surface area contributed by atoms with E-state index in [2.05, 4.69) is 6.26 Å². The van der Waals surface area contributed by atoms with E-state index in [1.165, 1.54) is 20.7 Å². The Morgan fingerprint density at radius 2 is 2.33 bits per heavy atom. The van der Waals surface area contributed by atoms with E-state index in [1.807, 2.05) is 23.5 Å². The fourth-order valence-electron chi connectivity index (χ4n) is 0.167. The van der Waals surface area contributed by atoms with E-state index in [4.69, 9.17) is 0 Å². The normalized spacial score (nSPS) is 9.50. The van der Waals surface area contributed by atoms with Crippen LogP contribution in [0, 0.1) is 0 Å². The van der Waals surface area contributed by atoms with Gasteiger partial charge in [0.2, 0.25) is 0 Å². The summed E-state index contributed by atoms with van der Waals surface area (Å²) in [6.45, 7) is 0. The van der Waals surface area contributed by atoms with E-state index in [0.29, 0.717) is 0 Å². The van der Waals surface area contributed by atoms with Crippen LogP contribution in [0.2, 0.25) is 0 Å². The molecular formula is C3H10S2Si. The van der Waals surface area contributed by atoms with Crippen molar-refractivity contribution in [3.63, 3.8) is 0 Å². The second-order valence-electron chi connectivity index (χ2n) is 0.899. The van der Waals surface area contributed by atoms with Crippen LogP contribution in [0.5, 0.6) is 0 Å². The van der Waals surface area contributed by atoms with Gasteiger partial charge >= 0.3 is 0 Å². The SMILES string of the molecule is CSCSC[SiH3]. The van der Waals surface area contributed by atoms with Gasteiger partial charge in [0, 0.05) is 15.3 Å². The van der Waals surface area contributed by atoms with Crippen LogP contribution in [-0.4, -0.2) is 27.0 Å². The molecule has 0 bridgehead atoms. The van der Waals surface area contributed by atoms with Gasteiger partial charge in [-0.2, -0.15) is 23.5 Å². The van der Waals surface area contributed by atoms with Crippen molar-refractivity contribution in [2.24, 2.45) is 0 Å². The number of hydrogen-bond donors (Lipinski definition) is 0. The van der Waals surface area contributed by atoms with Gasteiger partial charge in [-0.25, -0.2) is 0 Å². The maximum Gasteiger partial charge on any atom is 0.0386 e. The van der Waals surface area contributed by atoms with Crippen LogP contribution in [0.3, 0.4) is 0 Å². The highest BCUT2D eigenvalue weighted by atomic mass is 32.2. The van der Waals surface area contributed by atoms with Gasteiger partial charge in [0.25, 0.3) is 0 Å². The van der Waals surface area contributed by atoms with Gasteiger partial charge in [-0.15, -0.1) is 0 Å². The standard InChI is InChI=1S/C3H10S2Si/c1-4-2-5-3-6/h2-3H2,1,6H3. The topological polar surface area (TPSA) is 0 Å².